The van der Waals surface area contributed by atoms with Gasteiger partial charge in [0.2, 0.25) is 11.8 Å². The summed E-state index contributed by atoms with van der Waals surface area (Å²) in [6, 6.07) is 0. The summed E-state index contributed by atoms with van der Waals surface area (Å²) in [5.74, 6) is 0.826. The Bertz CT molecular complexity index is 284. The first-order chi connectivity index (χ1) is 9.18. The molecule has 19 heavy (non-hydrogen) atoms. The largest absolute Gasteiger partial charge is 0.370 e. The molecule has 0 radical (unpaired) electrons. The number of primary amides is 1. The minimum absolute atomic E-state index is 0.0520. The Morgan fingerprint density at radius 3 is 2.89 bits per heavy atom. The van der Waals surface area contributed by atoms with E-state index in [9.17, 15) is 9.59 Å². The van der Waals surface area contributed by atoms with Crippen LogP contribution in [-0.2, 0) is 14.3 Å². The number of hydrogen-bond acceptors (Lipinski definition) is 5. The van der Waals surface area contributed by atoms with Gasteiger partial charge in [0, 0.05) is 24.0 Å². The molecular weight excluding hydrogens is 284 g/mol. The predicted octanol–water partition coefficient (Wildman–Crippen LogP) is 1.32. The number of ether oxygens (including phenoxy) is 1. The topological polar surface area (TPSA) is 81.4 Å². The number of unbranched alkanes of at least 4 members (excludes halogenated alkanes) is 1. The highest BCUT2D eigenvalue weighted by molar-refractivity contribution is 8.77. The maximum atomic E-state index is 11.5. The summed E-state index contributed by atoms with van der Waals surface area (Å²) in [5, 5.41) is 3.55. The summed E-state index contributed by atoms with van der Waals surface area (Å²) in [4.78, 5) is 21.9. The predicted molar refractivity (Wildman–Crippen MR) is 79.9 cm³/mol. The number of carbonyl (C=O) groups excluding carboxylic acids is 2. The van der Waals surface area contributed by atoms with Gasteiger partial charge in [0.05, 0.1) is 6.61 Å². The molecule has 2 amide bonds. The summed E-state index contributed by atoms with van der Waals surface area (Å²) in [7, 11) is 3.94. The lowest BCUT2D eigenvalue weighted by molar-refractivity contribution is -0.122. The molecule has 0 aromatic carbocycles. The number of hydrogen-bond donors (Lipinski definition) is 2. The van der Waals surface area contributed by atoms with E-state index in [2.05, 4.69) is 5.32 Å². The fraction of sp³-hybridized carbons (Fsp3) is 0.833. The Hall–Kier alpha value is -0.400. The van der Waals surface area contributed by atoms with Crippen LogP contribution in [0.25, 0.3) is 0 Å². The van der Waals surface area contributed by atoms with Crippen LogP contribution < -0.4 is 11.1 Å². The van der Waals surface area contributed by atoms with E-state index in [-0.39, 0.29) is 12.5 Å². The minimum Gasteiger partial charge on any atom is -0.370 e. The Morgan fingerprint density at radius 2 is 2.21 bits per heavy atom. The molecule has 1 rings (SSSR count). The molecule has 1 atom stereocenters. The van der Waals surface area contributed by atoms with Crippen LogP contribution in [0.5, 0.6) is 0 Å². The molecule has 0 aliphatic carbocycles. The third-order valence-electron chi connectivity index (χ3n) is 2.72. The molecule has 7 heteroatoms. The highest BCUT2D eigenvalue weighted by Crippen LogP contribution is 2.39. The lowest BCUT2D eigenvalue weighted by Crippen LogP contribution is -2.28. The fourth-order valence-corrected chi connectivity index (χ4v) is 4.77. The Morgan fingerprint density at radius 1 is 1.37 bits per heavy atom. The Labute approximate surface area is 122 Å². The lowest BCUT2D eigenvalue weighted by atomic mass is 10.1. The Kier molecular flexibility index (Phi) is 9.11. The van der Waals surface area contributed by atoms with E-state index in [1.807, 2.05) is 21.6 Å². The van der Waals surface area contributed by atoms with E-state index in [1.54, 1.807) is 0 Å². The molecule has 110 valence electrons. The molecule has 3 N–H and O–H groups in total. The van der Waals surface area contributed by atoms with Crippen LogP contribution in [0.15, 0.2) is 0 Å². The molecular formula is C12H22N2O3S2. The van der Waals surface area contributed by atoms with Gasteiger partial charge >= 0.3 is 0 Å². The zero-order valence-corrected chi connectivity index (χ0v) is 12.7. The molecule has 0 aromatic heterocycles. The molecule has 1 heterocycles. The maximum Gasteiger partial charge on any atom is 0.243 e. The molecule has 0 unspecified atom stereocenters. The monoisotopic (exact) mass is 306 g/mol. The van der Waals surface area contributed by atoms with E-state index in [0.29, 0.717) is 19.6 Å². The van der Waals surface area contributed by atoms with E-state index < -0.39 is 5.91 Å². The molecule has 1 aliphatic heterocycles. The van der Waals surface area contributed by atoms with Gasteiger partial charge in [0.1, 0.15) is 6.61 Å². The van der Waals surface area contributed by atoms with Gasteiger partial charge in [0.25, 0.3) is 0 Å². The molecule has 1 aliphatic rings. The van der Waals surface area contributed by atoms with Crippen molar-refractivity contribution in [2.75, 3.05) is 25.5 Å². The number of amides is 2. The van der Waals surface area contributed by atoms with E-state index in [1.165, 1.54) is 18.6 Å². The van der Waals surface area contributed by atoms with Crippen LogP contribution >= 0.6 is 21.6 Å². The lowest BCUT2D eigenvalue weighted by Gasteiger charge is -2.07. The van der Waals surface area contributed by atoms with Crippen LogP contribution in [0.4, 0.5) is 0 Å². The van der Waals surface area contributed by atoms with E-state index in [0.717, 1.165) is 18.1 Å². The average Bonchev–Trinajstić information content (AvgIpc) is 2.87. The Balaban J connectivity index is 1.86. The molecule has 1 fully saturated rings. The molecule has 0 spiro atoms. The first kappa shape index (κ1) is 16.7. The third-order valence-corrected chi connectivity index (χ3v) is 5.73. The third kappa shape index (κ3) is 9.18. The number of nitrogens with one attached hydrogen (secondary N) is 1. The zero-order chi connectivity index (χ0) is 13.9. The second-order valence-corrected chi connectivity index (χ2v) is 7.23. The molecule has 5 nitrogen and oxygen atoms in total. The highest BCUT2D eigenvalue weighted by Gasteiger charge is 2.15. The SMILES string of the molecule is NC(=O)COCCNC(=O)CCCC[C@@H]1CCSS1. The van der Waals surface area contributed by atoms with Crippen molar-refractivity contribution in [2.45, 2.75) is 37.4 Å². The van der Waals surface area contributed by atoms with Crippen molar-refractivity contribution >= 4 is 33.4 Å². The van der Waals surface area contributed by atoms with E-state index in [4.69, 9.17) is 10.5 Å². The first-order valence-corrected chi connectivity index (χ1v) is 8.97. The van der Waals surface area contributed by atoms with Gasteiger partial charge in [-0.05, 0) is 19.3 Å². The molecule has 0 aromatic rings. The van der Waals surface area contributed by atoms with E-state index >= 15 is 0 Å². The van der Waals surface area contributed by atoms with Crippen molar-refractivity contribution < 1.29 is 14.3 Å². The van der Waals surface area contributed by atoms with Gasteiger partial charge in [0.15, 0.2) is 0 Å². The van der Waals surface area contributed by atoms with Crippen molar-refractivity contribution in [3.63, 3.8) is 0 Å². The van der Waals surface area contributed by atoms with Gasteiger partial charge in [-0.15, -0.1) is 0 Å². The first-order valence-electron chi connectivity index (χ1n) is 6.59. The summed E-state index contributed by atoms with van der Waals surface area (Å²) in [5.41, 5.74) is 4.91. The smallest absolute Gasteiger partial charge is 0.243 e. The minimum atomic E-state index is -0.491. The van der Waals surface area contributed by atoms with Crippen LogP contribution in [0.3, 0.4) is 0 Å². The van der Waals surface area contributed by atoms with Crippen LogP contribution in [0.1, 0.15) is 32.1 Å². The van der Waals surface area contributed by atoms with Gasteiger partial charge in [-0.25, -0.2) is 0 Å². The van der Waals surface area contributed by atoms with Crippen LogP contribution in [-0.4, -0.2) is 42.6 Å². The summed E-state index contributed by atoms with van der Waals surface area (Å²) in [6.45, 7) is 0.665. The second-order valence-electron chi connectivity index (χ2n) is 4.44. The van der Waals surface area contributed by atoms with Crippen LogP contribution in [0.2, 0.25) is 0 Å². The standard InChI is InChI=1S/C12H22N2O3S2/c13-11(15)9-17-7-6-14-12(16)4-2-1-3-10-5-8-18-19-10/h10H,1-9H2,(H2,13,15)(H,14,16)/t10-/m1/s1. The highest BCUT2D eigenvalue weighted by atomic mass is 33.1. The normalized spacial score (nSPS) is 18.4. The zero-order valence-electron chi connectivity index (χ0n) is 11.1. The van der Waals surface area contributed by atoms with Crippen molar-refractivity contribution in [3.05, 3.63) is 0 Å². The van der Waals surface area contributed by atoms with Gasteiger partial charge in [-0.1, -0.05) is 28.0 Å². The maximum absolute atomic E-state index is 11.5. The average molecular weight is 306 g/mol. The van der Waals surface area contributed by atoms with Gasteiger partial charge in [-0.3, -0.25) is 9.59 Å². The van der Waals surface area contributed by atoms with Crippen molar-refractivity contribution in [1.82, 2.24) is 5.32 Å². The number of carbonyl (C=O) groups is 2. The quantitative estimate of drug-likeness (QED) is 0.470. The van der Waals surface area contributed by atoms with Crippen molar-refractivity contribution in [3.8, 4) is 0 Å². The summed E-state index contributed by atoms with van der Waals surface area (Å²) >= 11 is 0. The number of rotatable bonds is 10. The summed E-state index contributed by atoms with van der Waals surface area (Å²) in [6.07, 6.45) is 5.14. The van der Waals surface area contributed by atoms with Gasteiger partial charge in [-0.2, -0.15) is 0 Å². The van der Waals surface area contributed by atoms with Crippen molar-refractivity contribution in [2.24, 2.45) is 5.73 Å². The fourth-order valence-electron chi connectivity index (χ4n) is 1.75. The van der Waals surface area contributed by atoms with Crippen molar-refractivity contribution in [1.29, 1.82) is 0 Å². The summed E-state index contributed by atoms with van der Waals surface area (Å²) < 4.78 is 4.94. The van der Waals surface area contributed by atoms with Crippen LogP contribution in [0, 0.1) is 0 Å². The van der Waals surface area contributed by atoms with Gasteiger partial charge < -0.3 is 15.8 Å². The molecule has 1 saturated heterocycles. The molecule has 0 bridgehead atoms. The second kappa shape index (κ2) is 10.4. The molecule has 0 saturated carbocycles. The number of nitrogens with two attached hydrogens (primary N) is 1.